The molecule has 0 aliphatic carbocycles. The van der Waals surface area contributed by atoms with E-state index >= 15 is 0 Å². The average molecular weight is 507 g/mol. The largest absolute Gasteiger partial charge is 0.365 e. The molecule has 10 nitrogen and oxygen atoms in total. The molecule has 0 spiro atoms. The quantitative estimate of drug-likeness (QED) is 0.316. The number of aromatic nitrogens is 3. The van der Waals surface area contributed by atoms with Crippen LogP contribution in [0.2, 0.25) is 0 Å². The predicted octanol–water partition coefficient (Wildman–Crippen LogP) is 2.49. The number of anilines is 2. The molecule has 1 amide bonds. The lowest BCUT2D eigenvalue weighted by Gasteiger charge is -2.13. The third-order valence-corrected chi connectivity index (χ3v) is 6.90. The fraction of sp³-hybridized carbons (Fsp3) is 0.200. The zero-order valence-electron chi connectivity index (χ0n) is 19.8. The fourth-order valence-corrected chi connectivity index (χ4v) is 5.03. The van der Waals surface area contributed by atoms with E-state index in [2.05, 4.69) is 20.0 Å². The van der Waals surface area contributed by atoms with Gasteiger partial charge < -0.3 is 15.6 Å². The van der Waals surface area contributed by atoms with Gasteiger partial charge in [0.1, 0.15) is 5.56 Å². The van der Waals surface area contributed by atoms with Gasteiger partial charge in [0.2, 0.25) is 21.4 Å². The second kappa shape index (κ2) is 10.3. The number of hydrogen-bond donors (Lipinski definition) is 3. The third kappa shape index (κ3) is 5.75. The molecule has 4 aromatic rings. The molecule has 0 atom stereocenters. The summed E-state index contributed by atoms with van der Waals surface area (Å²) in [4.78, 5) is 33.4. The molecule has 4 rings (SSSR count). The van der Waals surface area contributed by atoms with E-state index in [-0.39, 0.29) is 28.7 Å². The van der Waals surface area contributed by atoms with Gasteiger partial charge in [-0.15, -0.1) is 0 Å². The van der Waals surface area contributed by atoms with E-state index in [4.69, 9.17) is 5.73 Å². The zero-order valence-corrected chi connectivity index (χ0v) is 20.6. The minimum atomic E-state index is -3.34. The van der Waals surface area contributed by atoms with Crippen LogP contribution in [0.5, 0.6) is 0 Å². The van der Waals surface area contributed by atoms with Gasteiger partial charge in [0, 0.05) is 29.8 Å². The minimum absolute atomic E-state index is 0.00392. The van der Waals surface area contributed by atoms with Crippen molar-refractivity contribution in [3.05, 3.63) is 88.3 Å². The van der Waals surface area contributed by atoms with Crippen LogP contribution in [0.3, 0.4) is 0 Å². The van der Waals surface area contributed by atoms with Gasteiger partial charge in [-0.3, -0.25) is 9.59 Å². The highest BCUT2D eigenvalue weighted by Crippen LogP contribution is 2.19. The lowest BCUT2D eigenvalue weighted by atomic mass is 10.1. The number of carbonyl (C=O) groups is 1. The molecule has 2 aromatic carbocycles. The number of nitrogens with one attached hydrogen (secondary N) is 2. The van der Waals surface area contributed by atoms with Crippen molar-refractivity contribution >= 4 is 38.6 Å². The molecule has 186 valence electrons. The maximum atomic E-state index is 12.8. The van der Waals surface area contributed by atoms with Crippen molar-refractivity contribution in [1.29, 1.82) is 0 Å². The van der Waals surface area contributed by atoms with Crippen molar-refractivity contribution in [2.75, 3.05) is 11.1 Å². The smallest absolute Gasteiger partial charge is 0.254 e. The number of rotatable bonds is 9. The van der Waals surface area contributed by atoms with Crippen molar-refractivity contribution in [1.82, 2.24) is 19.3 Å². The Bertz CT molecular complexity index is 1570. The number of pyridine rings is 1. The van der Waals surface area contributed by atoms with E-state index in [1.807, 2.05) is 42.5 Å². The second-order valence-electron chi connectivity index (χ2n) is 8.54. The number of amides is 1. The topological polar surface area (TPSA) is 149 Å². The van der Waals surface area contributed by atoms with Gasteiger partial charge in [0.15, 0.2) is 5.65 Å². The van der Waals surface area contributed by atoms with Crippen LogP contribution in [0.15, 0.2) is 71.8 Å². The number of carbonyl (C=O) groups excluding carboxylic acids is 1. The van der Waals surface area contributed by atoms with Crippen molar-refractivity contribution in [2.24, 2.45) is 5.73 Å². The molecule has 0 radical (unpaired) electrons. The zero-order chi connectivity index (χ0) is 25.9. The molecule has 2 aromatic heterocycles. The number of fused-ring (bicyclic) bond motifs is 1. The van der Waals surface area contributed by atoms with Gasteiger partial charge >= 0.3 is 0 Å². The molecule has 0 aliphatic rings. The Balaban J connectivity index is 1.61. The molecule has 2 heterocycles. The number of para-hydroxylation sites is 1. The number of nitrogens with two attached hydrogens (primary N) is 1. The van der Waals surface area contributed by atoms with Crippen LogP contribution in [0.25, 0.3) is 16.7 Å². The predicted molar refractivity (Wildman–Crippen MR) is 139 cm³/mol. The maximum Gasteiger partial charge on any atom is 0.254 e. The van der Waals surface area contributed by atoms with Crippen molar-refractivity contribution in [3.8, 4) is 5.69 Å². The van der Waals surface area contributed by atoms with Gasteiger partial charge in [-0.05, 0) is 50.1 Å². The molecule has 0 unspecified atom stereocenters. The number of primary amides is 1. The first kappa shape index (κ1) is 25.0. The van der Waals surface area contributed by atoms with Crippen LogP contribution in [-0.4, -0.2) is 40.7 Å². The monoisotopic (exact) mass is 506 g/mol. The number of nitrogens with zero attached hydrogens (tertiary/aromatic N) is 3. The first-order valence-electron chi connectivity index (χ1n) is 11.3. The molecule has 0 bridgehead atoms. The second-order valence-corrected chi connectivity index (χ2v) is 10.4. The SMILES string of the molecule is CC(C)NS(=O)(=O)CCc1ccc(Nc2ncc3c(=O)c(C(N)=O)cn(-c4ccccc4)c3n2)cc1. The maximum absolute atomic E-state index is 12.8. The standard InChI is InChI=1S/C25H26N6O4S/c1-16(2)30-36(34,35)13-12-17-8-10-18(11-9-17)28-25-27-14-20-22(32)21(23(26)33)15-31(24(20)29-25)19-6-4-3-5-7-19/h3-11,14-16,30H,12-13H2,1-2H3,(H2,26,33)(H,27,28,29). The summed E-state index contributed by atoms with van der Waals surface area (Å²) in [6, 6.07) is 16.2. The summed E-state index contributed by atoms with van der Waals surface area (Å²) in [5.74, 6) is -0.590. The van der Waals surface area contributed by atoms with Crippen LogP contribution in [0.1, 0.15) is 29.8 Å². The van der Waals surface area contributed by atoms with Crippen molar-refractivity contribution < 1.29 is 13.2 Å². The van der Waals surface area contributed by atoms with Crippen LogP contribution in [0, 0.1) is 0 Å². The first-order chi connectivity index (χ1) is 17.1. The fourth-order valence-electron chi connectivity index (χ4n) is 3.69. The third-order valence-electron chi connectivity index (χ3n) is 5.33. The molecule has 11 heteroatoms. The normalized spacial score (nSPS) is 11.6. The lowest BCUT2D eigenvalue weighted by Crippen LogP contribution is -2.32. The van der Waals surface area contributed by atoms with Crippen molar-refractivity contribution in [2.45, 2.75) is 26.3 Å². The van der Waals surface area contributed by atoms with Gasteiger partial charge in [0.25, 0.3) is 5.91 Å². The molecule has 0 fully saturated rings. The van der Waals surface area contributed by atoms with Gasteiger partial charge in [-0.25, -0.2) is 18.1 Å². The molecular formula is C25H26N6O4S. The Morgan fingerprint density at radius 2 is 1.78 bits per heavy atom. The number of benzene rings is 2. The molecule has 0 saturated heterocycles. The highest BCUT2D eigenvalue weighted by molar-refractivity contribution is 7.89. The first-order valence-corrected chi connectivity index (χ1v) is 12.9. The Morgan fingerprint density at radius 3 is 2.42 bits per heavy atom. The molecule has 0 saturated carbocycles. The van der Waals surface area contributed by atoms with E-state index < -0.39 is 21.4 Å². The van der Waals surface area contributed by atoms with E-state index in [1.54, 1.807) is 30.5 Å². The minimum Gasteiger partial charge on any atom is -0.365 e. The van der Waals surface area contributed by atoms with Crippen molar-refractivity contribution in [3.63, 3.8) is 0 Å². The average Bonchev–Trinajstić information content (AvgIpc) is 2.83. The summed E-state index contributed by atoms with van der Waals surface area (Å²) >= 11 is 0. The molecule has 0 aliphatic heterocycles. The summed E-state index contributed by atoms with van der Waals surface area (Å²) in [6.45, 7) is 3.56. The van der Waals surface area contributed by atoms with E-state index in [9.17, 15) is 18.0 Å². The van der Waals surface area contributed by atoms with E-state index in [0.29, 0.717) is 23.4 Å². The van der Waals surface area contributed by atoms with E-state index in [0.717, 1.165) is 5.56 Å². The molecular weight excluding hydrogens is 480 g/mol. The molecule has 36 heavy (non-hydrogen) atoms. The van der Waals surface area contributed by atoms with Crippen LogP contribution < -0.4 is 21.2 Å². The Kier molecular flexibility index (Phi) is 7.13. The van der Waals surface area contributed by atoms with Gasteiger partial charge in [0.05, 0.1) is 11.1 Å². The summed E-state index contributed by atoms with van der Waals surface area (Å²) in [5, 5.41) is 3.26. The van der Waals surface area contributed by atoms with Crippen LogP contribution >= 0.6 is 0 Å². The number of sulfonamides is 1. The van der Waals surface area contributed by atoms with Gasteiger partial charge in [-0.1, -0.05) is 30.3 Å². The van der Waals surface area contributed by atoms with E-state index in [1.165, 1.54) is 12.4 Å². The Labute approximate surface area is 208 Å². The lowest BCUT2D eigenvalue weighted by molar-refractivity contribution is 0.0999. The highest BCUT2D eigenvalue weighted by atomic mass is 32.2. The number of aryl methyl sites for hydroxylation is 1. The Hall–Kier alpha value is -4.09. The van der Waals surface area contributed by atoms with Crippen LogP contribution in [-0.2, 0) is 16.4 Å². The highest BCUT2D eigenvalue weighted by Gasteiger charge is 2.16. The summed E-state index contributed by atoms with van der Waals surface area (Å²) in [5.41, 5.74) is 7.28. The summed E-state index contributed by atoms with van der Waals surface area (Å²) < 4.78 is 28.3. The Morgan fingerprint density at radius 1 is 1.08 bits per heavy atom. The summed E-state index contributed by atoms with van der Waals surface area (Å²) in [6.07, 6.45) is 3.12. The van der Waals surface area contributed by atoms with Gasteiger partial charge in [-0.2, -0.15) is 4.98 Å². The molecule has 4 N–H and O–H groups in total. The van der Waals surface area contributed by atoms with Crippen LogP contribution in [0.4, 0.5) is 11.6 Å². The summed E-state index contributed by atoms with van der Waals surface area (Å²) in [7, 11) is -3.34. The number of hydrogen-bond acceptors (Lipinski definition) is 7.